The molecule has 1 saturated heterocycles. The van der Waals surface area contributed by atoms with Crippen molar-refractivity contribution in [3.63, 3.8) is 0 Å². The van der Waals surface area contributed by atoms with Crippen LogP contribution in [0.1, 0.15) is 27.0 Å². The minimum atomic E-state index is -0.409. The third-order valence-corrected chi connectivity index (χ3v) is 6.44. The summed E-state index contributed by atoms with van der Waals surface area (Å²) in [5.74, 6) is -0.787. The normalized spacial score (nSPS) is 17.5. The van der Waals surface area contributed by atoms with Gasteiger partial charge in [-0.3, -0.25) is 14.9 Å². The van der Waals surface area contributed by atoms with E-state index in [1.807, 2.05) is 66.7 Å². The summed E-state index contributed by atoms with van der Waals surface area (Å²) in [7, 11) is 2.15. The average molecular weight is 465 g/mol. The maximum absolute atomic E-state index is 12.7. The van der Waals surface area contributed by atoms with Gasteiger partial charge < -0.3 is 15.1 Å². The molecular formula is C29H28N4O2. The molecule has 2 N–H and O–H groups in total. The zero-order valence-electron chi connectivity index (χ0n) is 19.7. The second kappa shape index (κ2) is 9.99. The monoisotopic (exact) mass is 464 g/mol. The first kappa shape index (κ1) is 22.6. The highest BCUT2D eigenvalue weighted by Gasteiger charge is 2.27. The first-order chi connectivity index (χ1) is 17.1. The van der Waals surface area contributed by atoms with Crippen LogP contribution in [0.5, 0.6) is 0 Å². The van der Waals surface area contributed by atoms with Crippen molar-refractivity contribution in [1.29, 1.82) is 0 Å². The number of anilines is 2. The van der Waals surface area contributed by atoms with Crippen molar-refractivity contribution in [3.05, 3.63) is 101 Å². The zero-order chi connectivity index (χ0) is 24.2. The number of likely N-dealkylation sites (N-methyl/N-ethyl adjacent to an activating group) is 1. The minimum Gasteiger partial charge on any atom is -0.369 e. The molecule has 176 valence electrons. The van der Waals surface area contributed by atoms with Crippen LogP contribution in [0.25, 0.3) is 17.7 Å². The van der Waals surface area contributed by atoms with Gasteiger partial charge >= 0.3 is 0 Å². The number of rotatable bonds is 5. The molecular weight excluding hydrogens is 436 g/mol. The Labute approximate surface area is 205 Å². The maximum atomic E-state index is 12.7. The van der Waals surface area contributed by atoms with Gasteiger partial charge in [0.1, 0.15) is 0 Å². The van der Waals surface area contributed by atoms with E-state index < -0.39 is 5.91 Å². The second-order valence-electron chi connectivity index (χ2n) is 8.87. The van der Waals surface area contributed by atoms with Gasteiger partial charge in [0.2, 0.25) is 0 Å². The molecule has 0 radical (unpaired) electrons. The Morgan fingerprint density at radius 2 is 1.49 bits per heavy atom. The van der Waals surface area contributed by atoms with Crippen molar-refractivity contribution in [2.45, 2.75) is 0 Å². The summed E-state index contributed by atoms with van der Waals surface area (Å²) in [6.45, 7) is 4.14. The van der Waals surface area contributed by atoms with E-state index in [1.165, 1.54) is 5.69 Å². The smallest absolute Gasteiger partial charge is 0.260 e. The Kier molecular flexibility index (Phi) is 6.46. The zero-order valence-corrected chi connectivity index (χ0v) is 19.7. The highest BCUT2D eigenvalue weighted by molar-refractivity contribution is 6.31. The first-order valence-electron chi connectivity index (χ1n) is 11.8. The van der Waals surface area contributed by atoms with E-state index in [1.54, 1.807) is 12.3 Å². The highest BCUT2D eigenvalue weighted by atomic mass is 16.2. The molecule has 0 unspecified atom stereocenters. The van der Waals surface area contributed by atoms with Crippen molar-refractivity contribution in [2.24, 2.45) is 0 Å². The molecule has 2 heterocycles. The van der Waals surface area contributed by atoms with Crippen molar-refractivity contribution < 1.29 is 9.59 Å². The SMILES string of the molecule is CN1CCN(c2ccc(N/C=C3\C(=O)NC(=O)c4ccc(/C=C/c5ccccc5)cc43)cc2)CC1. The molecule has 6 heteroatoms. The molecule has 2 aliphatic rings. The summed E-state index contributed by atoms with van der Waals surface area (Å²) in [5.41, 5.74) is 5.60. The first-order valence-corrected chi connectivity index (χ1v) is 11.8. The third-order valence-electron chi connectivity index (χ3n) is 6.44. The lowest BCUT2D eigenvalue weighted by molar-refractivity contribution is -0.114. The third kappa shape index (κ3) is 5.18. The van der Waals surface area contributed by atoms with Gasteiger partial charge in [0.05, 0.1) is 5.57 Å². The van der Waals surface area contributed by atoms with E-state index in [-0.39, 0.29) is 5.91 Å². The average Bonchev–Trinajstić information content (AvgIpc) is 2.89. The van der Waals surface area contributed by atoms with Crippen molar-refractivity contribution in [2.75, 3.05) is 43.4 Å². The molecule has 0 bridgehead atoms. The summed E-state index contributed by atoms with van der Waals surface area (Å²) in [6, 6.07) is 23.7. The number of benzene rings is 3. The summed E-state index contributed by atoms with van der Waals surface area (Å²) in [5, 5.41) is 5.68. The predicted molar refractivity (Wildman–Crippen MR) is 142 cm³/mol. The molecule has 0 aromatic heterocycles. The molecule has 3 aromatic carbocycles. The lowest BCUT2D eigenvalue weighted by Gasteiger charge is -2.34. The van der Waals surface area contributed by atoms with E-state index in [0.29, 0.717) is 16.7 Å². The van der Waals surface area contributed by atoms with Crippen LogP contribution in [0.3, 0.4) is 0 Å². The molecule has 35 heavy (non-hydrogen) atoms. The molecule has 1 fully saturated rings. The number of piperazine rings is 1. The van der Waals surface area contributed by atoms with Gasteiger partial charge in [0.15, 0.2) is 0 Å². The fourth-order valence-corrected chi connectivity index (χ4v) is 4.33. The number of carbonyl (C=O) groups excluding carboxylic acids is 2. The largest absolute Gasteiger partial charge is 0.369 e. The van der Waals surface area contributed by atoms with Crippen LogP contribution in [-0.2, 0) is 4.79 Å². The van der Waals surface area contributed by atoms with Crippen LogP contribution >= 0.6 is 0 Å². The van der Waals surface area contributed by atoms with E-state index in [9.17, 15) is 9.59 Å². The minimum absolute atomic E-state index is 0.378. The predicted octanol–water partition coefficient (Wildman–Crippen LogP) is 4.33. The van der Waals surface area contributed by atoms with E-state index >= 15 is 0 Å². The number of hydrogen-bond donors (Lipinski definition) is 2. The topological polar surface area (TPSA) is 64.7 Å². The number of fused-ring (bicyclic) bond motifs is 1. The van der Waals surface area contributed by atoms with Gasteiger partial charge in [-0.2, -0.15) is 0 Å². The molecule has 5 rings (SSSR count). The molecule has 0 atom stereocenters. The fourth-order valence-electron chi connectivity index (χ4n) is 4.33. The summed E-state index contributed by atoms with van der Waals surface area (Å²) >= 11 is 0. The van der Waals surface area contributed by atoms with Gasteiger partial charge in [-0.05, 0) is 54.6 Å². The summed E-state index contributed by atoms with van der Waals surface area (Å²) < 4.78 is 0. The van der Waals surface area contributed by atoms with Gasteiger partial charge in [-0.25, -0.2) is 0 Å². The molecule has 6 nitrogen and oxygen atoms in total. The summed E-state index contributed by atoms with van der Waals surface area (Å²) in [6.07, 6.45) is 5.67. The number of nitrogens with zero attached hydrogens (tertiary/aromatic N) is 2. The van der Waals surface area contributed by atoms with E-state index in [2.05, 4.69) is 39.6 Å². The standard InChI is InChI=1S/C29H28N4O2/c1-32-15-17-33(18-16-32)24-12-10-23(11-13-24)30-20-27-26-19-22(8-7-21-5-3-2-4-6-21)9-14-25(26)28(34)31-29(27)35/h2-14,19-20,30H,15-18H2,1H3,(H,31,34,35)/b8-7+,27-20-. The highest BCUT2D eigenvalue weighted by Crippen LogP contribution is 2.27. The number of imide groups is 1. The number of carbonyl (C=O) groups is 2. The van der Waals surface area contributed by atoms with Crippen LogP contribution in [0.15, 0.2) is 79.0 Å². The number of amides is 2. The molecule has 2 aliphatic heterocycles. The van der Waals surface area contributed by atoms with Crippen LogP contribution in [0.2, 0.25) is 0 Å². The van der Waals surface area contributed by atoms with Gasteiger partial charge in [0, 0.05) is 54.9 Å². The van der Waals surface area contributed by atoms with Crippen molar-refractivity contribution in [3.8, 4) is 0 Å². The Morgan fingerprint density at radius 1 is 0.771 bits per heavy atom. The number of hydrogen-bond acceptors (Lipinski definition) is 5. The molecule has 3 aromatic rings. The van der Waals surface area contributed by atoms with Crippen LogP contribution in [0, 0.1) is 0 Å². The lowest BCUT2D eigenvalue weighted by atomic mass is 9.93. The molecule has 0 saturated carbocycles. The molecule has 2 amide bonds. The quantitative estimate of drug-likeness (QED) is 0.334. The molecule has 0 aliphatic carbocycles. The van der Waals surface area contributed by atoms with E-state index in [4.69, 9.17) is 0 Å². The van der Waals surface area contributed by atoms with Gasteiger partial charge in [-0.15, -0.1) is 0 Å². The lowest BCUT2D eigenvalue weighted by Crippen LogP contribution is -2.44. The Hall–Kier alpha value is -4.16. The molecule has 0 spiro atoms. The second-order valence-corrected chi connectivity index (χ2v) is 8.87. The van der Waals surface area contributed by atoms with Crippen molar-refractivity contribution in [1.82, 2.24) is 10.2 Å². The van der Waals surface area contributed by atoms with Crippen LogP contribution in [-0.4, -0.2) is 49.9 Å². The van der Waals surface area contributed by atoms with Gasteiger partial charge in [-0.1, -0.05) is 48.6 Å². The Bertz CT molecular complexity index is 1290. The fraction of sp³-hybridized carbons (Fsp3) is 0.172. The van der Waals surface area contributed by atoms with Crippen molar-refractivity contribution >= 4 is 40.9 Å². The maximum Gasteiger partial charge on any atom is 0.260 e. The van der Waals surface area contributed by atoms with Crippen LogP contribution in [0.4, 0.5) is 11.4 Å². The van der Waals surface area contributed by atoms with Crippen LogP contribution < -0.4 is 15.5 Å². The Balaban J connectivity index is 1.36. The van der Waals surface area contributed by atoms with Gasteiger partial charge in [0.25, 0.3) is 11.8 Å². The van der Waals surface area contributed by atoms with E-state index in [0.717, 1.165) is 43.0 Å². The summed E-state index contributed by atoms with van der Waals surface area (Å²) in [4.78, 5) is 29.8. The number of nitrogens with one attached hydrogen (secondary N) is 2. The Morgan fingerprint density at radius 3 is 2.23 bits per heavy atom.